The zero-order valence-corrected chi connectivity index (χ0v) is 6.84. The third-order valence-corrected chi connectivity index (χ3v) is 2.46. The van der Waals surface area contributed by atoms with Gasteiger partial charge in [-0.15, -0.1) is 0 Å². The number of carboxylic acids is 1. The van der Waals surface area contributed by atoms with Crippen molar-refractivity contribution in [1.82, 2.24) is 0 Å². The van der Waals surface area contributed by atoms with E-state index in [9.17, 15) is 4.79 Å². The van der Waals surface area contributed by atoms with E-state index in [4.69, 9.17) is 10.8 Å². The highest BCUT2D eigenvalue weighted by atomic mass is 16.4. The molecule has 0 amide bonds. The highest BCUT2D eigenvalue weighted by Gasteiger charge is 2.37. The number of nitrogens with two attached hydrogens (primary N) is 1. The quantitative estimate of drug-likeness (QED) is 0.596. The molecule has 0 aromatic heterocycles. The van der Waals surface area contributed by atoms with Gasteiger partial charge in [-0.2, -0.15) is 0 Å². The van der Waals surface area contributed by atoms with Gasteiger partial charge in [0.05, 0.1) is 0 Å². The van der Waals surface area contributed by atoms with Crippen molar-refractivity contribution in [2.45, 2.75) is 38.1 Å². The smallest absolute Gasteiger partial charge is 0.323 e. The van der Waals surface area contributed by atoms with Crippen molar-refractivity contribution in [1.29, 1.82) is 0 Å². The largest absolute Gasteiger partial charge is 0.480 e. The fourth-order valence-corrected chi connectivity index (χ4v) is 1.79. The van der Waals surface area contributed by atoms with E-state index >= 15 is 0 Å². The molecular weight excluding hydrogens is 142 g/mol. The van der Waals surface area contributed by atoms with Crippen molar-refractivity contribution in [3.63, 3.8) is 0 Å². The standard InChI is InChI=1S/C8H15NO2/c1-6-3-2-4-8(9,5-6)7(10)11/h6H,2-5,9H2,1H3,(H,10,11). The van der Waals surface area contributed by atoms with Crippen molar-refractivity contribution in [2.24, 2.45) is 11.7 Å². The molecular formula is C8H15NO2. The average molecular weight is 157 g/mol. The van der Waals surface area contributed by atoms with E-state index in [1.165, 1.54) is 0 Å². The molecule has 0 aromatic carbocycles. The van der Waals surface area contributed by atoms with Crippen LogP contribution in [0.25, 0.3) is 0 Å². The Bertz CT molecular complexity index is 169. The monoisotopic (exact) mass is 157 g/mol. The maximum Gasteiger partial charge on any atom is 0.323 e. The molecule has 1 aliphatic carbocycles. The van der Waals surface area contributed by atoms with Crippen molar-refractivity contribution in [2.75, 3.05) is 0 Å². The number of hydrogen-bond acceptors (Lipinski definition) is 2. The SMILES string of the molecule is CC1CCCC(N)(C(=O)O)C1. The predicted octanol–water partition coefficient (Wildman–Crippen LogP) is 0.979. The first-order chi connectivity index (χ1) is 5.04. The molecule has 11 heavy (non-hydrogen) atoms. The van der Waals surface area contributed by atoms with Crippen LogP contribution in [0.2, 0.25) is 0 Å². The summed E-state index contributed by atoms with van der Waals surface area (Å²) in [7, 11) is 0. The molecule has 2 atom stereocenters. The van der Waals surface area contributed by atoms with Crippen LogP contribution in [0.4, 0.5) is 0 Å². The fraction of sp³-hybridized carbons (Fsp3) is 0.875. The van der Waals surface area contributed by atoms with E-state index in [1.54, 1.807) is 0 Å². The summed E-state index contributed by atoms with van der Waals surface area (Å²) >= 11 is 0. The van der Waals surface area contributed by atoms with Gasteiger partial charge >= 0.3 is 5.97 Å². The molecule has 1 aliphatic rings. The topological polar surface area (TPSA) is 63.3 Å². The zero-order valence-electron chi connectivity index (χ0n) is 6.84. The summed E-state index contributed by atoms with van der Waals surface area (Å²) < 4.78 is 0. The number of aliphatic carboxylic acids is 1. The van der Waals surface area contributed by atoms with Gasteiger partial charge in [-0.3, -0.25) is 4.79 Å². The number of hydrogen-bond donors (Lipinski definition) is 2. The van der Waals surface area contributed by atoms with E-state index in [2.05, 4.69) is 6.92 Å². The zero-order chi connectivity index (χ0) is 8.48. The second-order valence-corrected chi connectivity index (χ2v) is 3.66. The Balaban J connectivity index is 2.63. The molecule has 1 saturated carbocycles. The highest BCUT2D eigenvalue weighted by molar-refractivity contribution is 5.78. The van der Waals surface area contributed by atoms with E-state index in [0.29, 0.717) is 18.8 Å². The van der Waals surface area contributed by atoms with Crippen LogP contribution in [0, 0.1) is 5.92 Å². The van der Waals surface area contributed by atoms with Crippen LogP contribution >= 0.6 is 0 Å². The van der Waals surface area contributed by atoms with E-state index in [0.717, 1.165) is 12.8 Å². The minimum Gasteiger partial charge on any atom is -0.480 e. The molecule has 0 heterocycles. The maximum absolute atomic E-state index is 10.7. The summed E-state index contributed by atoms with van der Waals surface area (Å²) in [6.07, 6.45) is 3.32. The van der Waals surface area contributed by atoms with Crippen molar-refractivity contribution in [3.8, 4) is 0 Å². The second kappa shape index (κ2) is 2.81. The minimum absolute atomic E-state index is 0.463. The lowest BCUT2D eigenvalue weighted by Gasteiger charge is -2.32. The number of carbonyl (C=O) groups is 1. The van der Waals surface area contributed by atoms with Crippen LogP contribution in [0.5, 0.6) is 0 Å². The second-order valence-electron chi connectivity index (χ2n) is 3.66. The first-order valence-electron chi connectivity index (χ1n) is 4.07. The first kappa shape index (κ1) is 8.53. The molecule has 0 radical (unpaired) electrons. The molecule has 3 N–H and O–H groups in total. The summed E-state index contributed by atoms with van der Waals surface area (Å²) in [5, 5.41) is 8.79. The maximum atomic E-state index is 10.7. The Morgan fingerprint density at radius 3 is 2.73 bits per heavy atom. The Kier molecular flexibility index (Phi) is 2.18. The van der Waals surface area contributed by atoms with Crippen LogP contribution in [0.15, 0.2) is 0 Å². The van der Waals surface area contributed by atoms with Crippen LogP contribution < -0.4 is 5.73 Å². The summed E-state index contributed by atoms with van der Waals surface area (Å²) in [4.78, 5) is 10.7. The van der Waals surface area contributed by atoms with Gasteiger partial charge in [-0.1, -0.05) is 19.8 Å². The molecule has 3 nitrogen and oxygen atoms in total. The molecule has 64 valence electrons. The summed E-state index contributed by atoms with van der Waals surface area (Å²) in [6.45, 7) is 2.06. The molecule has 0 spiro atoms. The molecule has 0 aromatic rings. The number of rotatable bonds is 1. The summed E-state index contributed by atoms with van der Waals surface area (Å²) in [5.41, 5.74) is 4.76. The fourth-order valence-electron chi connectivity index (χ4n) is 1.79. The average Bonchev–Trinajstić information content (AvgIpc) is 1.86. The van der Waals surface area contributed by atoms with E-state index in [-0.39, 0.29) is 0 Å². The van der Waals surface area contributed by atoms with E-state index < -0.39 is 11.5 Å². The Hall–Kier alpha value is -0.570. The van der Waals surface area contributed by atoms with Crippen LogP contribution in [-0.4, -0.2) is 16.6 Å². The third-order valence-electron chi connectivity index (χ3n) is 2.46. The number of carboxylic acid groups (broad SMARTS) is 1. The first-order valence-corrected chi connectivity index (χ1v) is 4.07. The van der Waals surface area contributed by atoms with Gasteiger partial charge in [0, 0.05) is 0 Å². The lowest BCUT2D eigenvalue weighted by atomic mass is 9.77. The van der Waals surface area contributed by atoms with Gasteiger partial charge in [-0.25, -0.2) is 0 Å². The van der Waals surface area contributed by atoms with Gasteiger partial charge in [0.15, 0.2) is 0 Å². The van der Waals surface area contributed by atoms with Gasteiger partial charge in [0.2, 0.25) is 0 Å². The van der Waals surface area contributed by atoms with Gasteiger partial charge in [0.1, 0.15) is 5.54 Å². The predicted molar refractivity (Wildman–Crippen MR) is 42.2 cm³/mol. The third kappa shape index (κ3) is 1.71. The molecule has 1 rings (SSSR count). The normalized spacial score (nSPS) is 38.5. The highest BCUT2D eigenvalue weighted by Crippen LogP contribution is 2.30. The van der Waals surface area contributed by atoms with Gasteiger partial charge in [-0.05, 0) is 18.8 Å². The van der Waals surface area contributed by atoms with Crippen LogP contribution in [0.3, 0.4) is 0 Å². The van der Waals surface area contributed by atoms with Crippen molar-refractivity contribution >= 4 is 5.97 Å². The van der Waals surface area contributed by atoms with Crippen LogP contribution in [-0.2, 0) is 4.79 Å². The Morgan fingerprint density at radius 1 is 1.73 bits per heavy atom. The lowest BCUT2D eigenvalue weighted by molar-refractivity contribution is -0.145. The molecule has 0 bridgehead atoms. The van der Waals surface area contributed by atoms with Crippen molar-refractivity contribution < 1.29 is 9.90 Å². The van der Waals surface area contributed by atoms with Gasteiger partial charge in [0.25, 0.3) is 0 Å². The Labute approximate surface area is 66.6 Å². The molecule has 0 saturated heterocycles. The molecule has 1 fully saturated rings. The van der Waals surface area contributed by atoms with E-state index in [1.807, 2.05) is 0 Å². The summed E-state index contributed by atoms with van der Waals surface area (Å²) in [5.74, 6) is -0.381. The molecule has 2 unspecified atom stereocenters. The minimum atomic E-state index is -0.933. The molecule has 0 aliphatic heterocycles. The lowest BCUT2D eigenvalue weighted by Crippen LogP contribution is -2.50. The molecule has 3 heteroatoms. The van der Waals surface area contributed by atoms with Gasteiger partial charge < -0.3 is 10.8 Å². The van der Waals surface area contributed by atoms with Crippen LogP contribution in [0.1, 0.15) is 32.6 Å². The Morgan fingerprint density at radius 2 is 2.36 bits per heavy atom. The van der Waals surface area contributed by atoms with Crippen molar-refractivity contribution in [3.05, 3.63) is 0 Å². The summed E-state index contributed by atoms with van der Waals surface area (Å²) in [6, 6.07) is 0.